The van der Waals surface area contributed by atoms with E-state index in [-0.39, 0.29) is 5.41 Å². The van der Waals surface area contributed by atoms with E-state index in [9.17, 15) is 0 Å². The highest BCUT2D eigenvalue weighted by Gasteiger charge is 2.36. The van der Waals surface area contributed by atoms with E-state index in [1.807, 2.05) is 12.1 Å². The van der Waals surface area contributed by atoms with Crippen LogP contribution in [-0.2, 0) is 5.41 Å². The summed E-state index contributed by atoms with van der Waals surface area (Å²) in [5.41, 5.74) is 19.4. The Bertz CT molecular complexity index is 3780. The van der Waals surface area contributed by atoms with Gasteiger partial charge < -0.3 is 9.13 Å². The molecular weight excluding hydrogens is 789 g/mol. The van der Waals surface area contributed by atoms with Gasteiger partial charge in [-0.1, -0.05) is 159 Å². The summed E-state index contributed by atoms with van der Waals surface area (Å²) in [4.78, 5) is 10.4. The molecule has 13 rings (SSSR count). The Labute approximate surface area is 377 Å². The standard InChI is InChI=1S/C61H42N4/c1-61(2)52-27-14-12-25-46(52)48-36-51-50-35-42(41-29-31-57-49(34-41)47-26-13-15-28-56(47)64(57)44-22-10-5-11-23-44)30-32-58(50)65(59(51)37-53(48)61)45-24-16-21-43(33-45)60-62-54(39-17-6-3-7-18-39)38-55(63-60)40-19-8-4-9-20-40/h3-38H,1-2H3. The Morgan fingerprint density at radius 3 is 1.54 bits per heavy atom. The summed E-state index contributed by atoms with van der Waals surface area (Å²) in [6.07, 6.45) is 0. The number of rotatable bonds is 6. The van der Waals surface area contributed by atoms with Gasteiger partial charge in [-0.25, -0.2) is 9.97 Å². The van der Waals surface area contributed by atoms with Crippen molar-refractivity contribution in [2.75, 3.05) is 0 Å². The van der Waals surface area contributed by atoms with Gasteiger partial charge in [0.15, 0.2) is 5.82 Å². The molecule has 12 aromatic rings. The molecule has 1 aliphatic carbocycles. The Hall–Kier alpha value is -8.34. The van der Waals surface area contributed by atoms with Crippen LogP contribution in [0.2, 0.25) is 0 Å². The van der Waals surface area contributed by atoms with Crippen LogP contribution in [0, 0.1) is 0 Å². The molecule has 306 valence electrons. The molecule has 0 aliphatic heterocycles. The molecule has 0 saturated carbocycles. The Morgan fingerprint density at radius 2 is 0.846 bits per heavy atom. The minimum absolute atomic E-state index is 0.150. The first-order chi connectivity index (χ1) is 32.0. The van der Waals surface area contributed by atoms with Gasteiger partial charge in [0.1, 0.15) is 0 Å². The number of para-hydroxylation sites is 2. The summed E-state index contributed by atoms with van der Waals surface area (Å²) in [5.74, 6) is 0.691. The molecule has 0 N–H and O–H groups in total. The van der Waals surface area contributed by atoms with Gasteiger partial charge in [0.05, 0.1) is 33.5 Å². The van der Waals surface area contributed by atoms with Crippen LogP contribution in [0.15, 0.2) is 218 Å². The minimum atomic E-state index is -0.150. The van der Waals surface area contributed by atoms with Crippen LogP contribution in [0.4, 0.5) is 0 Å². The lowest BCUT2D eigenvalue weighted by Gasteiger charge is -2.21. The van der Waals surface area contributed by atoms with E-state index in [0.29, 0.717) is 5.82 Å². The van der Waals surface area contributed by atoms with E-state index in [2.05, 4.69) is 229 Å². The molecular formula is C61H42N4. The van der Waals surface area contributed by atoms with Crippen LogP contribution < -0.4 is 0 Å². The molecule has 9 aromatic carbocycles. The van der Waals surface area contributed by atoms with Crippen LogP contribution in [0.1, 0.15) is 25.0 Å². The normalized spacial score (nSPS) is 12.9. The summed E-state index contributed by atoms with van der Waals surface area (Å²) in [5, 5.41) is 4.94. The largest absolute Gasteiger partial charge is 0.309 e. The quantitative estimate of drug-likeness (QED) is 0.167. The number of benzene rings is 9. The van der Waals surface area contributed by atoms with Gasteiger partial charge >= 0.3 is 0 Å². The average molecular weight is 831 g/mol. The molecule has 0 fully saturated rings. The highest BCUT2D eigenvalue weighted by molar-refractivity contribution is 6.14. The molecule has 3 heterocycles. The van der Waals surface area contributed by atoms with Gasteiger partial charge in [-0.2, -0.15) is 0 Å². The van der Waals surface area contributed by atoms with E-state index >= 15 is 0 Å². The molecule has 0 saturated heterocycles. The summed E-state index contributed by atoms with van der Waals surface area (Å²) >= 11 is 0. The second-order valence-corrected chi connectivity index (χ2v) is 17.8. The first-order valence-corrected chi connectivity index (χ1v) is 22.4. The van der Waals surface area contributed by atoms with E-state index in [1.165, 1.54) is 71.5 Å². The summed E-state index contributed by atoms with van der Waals surface area (Å²) in [6, 6.07) is 78.9. The fourth-order valence-corrected chi connectivity index (χ4v) is 10.6. The van der Waals surface area contributed by atoms with E-state index < -0.39 is 0 Å². The Kier molecular flexibility index (Phi) is 8.22. The van der Waals surface area contributed by atoms with Crippen LogP contribution in [0.25, 0.3) is 111 Å². The van der Waals surface area contributed by atoms with Gasteiger partial charge in [-0.05, 0) is 106 Å². The van der Waals surface area contributed by atoms with Crippen molar-refractivity contribution in [2.24, 2.45) is 0 Å². The van der Waals surface area contributed by atoms with Crippen molar-refractivity contribution in [1.82, 2.24) is 19.1 Å². The topological polar surface area (TPSA) is 35.6 Å². The maximum absolute atomic E-state index is 5.22. The zero-order valence-corrected chi connectivity index (χ0v) is 36.1. The molecule has 3 aromatic heterocycles. The summed E-state index contributed by atoms with van der Waals surface area (Å²) in [7, 11) is 0. The predicted molar refractivity (Wildman–Crippen MR) is 270 cm³/mol. The molecule has 0 bridgehead atoms. The third-order valence-corrected chi connectivity index (χ3v) is 13.7. The lowest BCUT2D eigenvalue weighted by molar-refractivity contribution is 0.661. The monoisotopic (exact) mass is 830 g/mol. The van der Waals surface area contributed by atoms with Crippen LogP contribution in [0.3, 0.4) is 0 Å². The van der Waals surface area contributed by atoms with Crippen LogP contribution in [0.5, 0.6) is 0 Å². The third kappa shape index (κ3) is 5.84. The van der Waals surface area contributed by atoms with Gasteiger partial charge in [-0.3, -0.25) is 0 Å². The zero-order valence-electron chi connectivity index (χ0n) is 36.1. The zero-order chi connectivity index (χ0) is 43.2. The molecule has 0 spiro atoms. The molecule has 0 unspecified atom stereocenters. The van der Waals surface area contributed by atoms with Gasteiger partial charge in [0.2, 0.25) is 0 Å². The van der Waals surface area contributed by atoms with Gasteiger partial charge in [-0.15, -0.1) is 0 Å². The lowest BCUT2D eigenvalue weighted by atomic mass is 9.82. The Morgan fingerprint density at radius 1 is 0.323 bits per heavy atom. The fraction of sp³-hybridized carbons (Fsp3) is 0.0492. The Balaban J connectivity index is 1.02. The predicted octanol–water partition coefficient (Wildman–Crippen LogP) is 15.6. The molecule has 1 aliphatic rings. The third-order valence-electron chi connectivity index (χ3n) is 13.7. The number of hydrogen-bond acceptors (Lipinski definition) is 2. The van der Waals surface area contributed by atoms with Crippen molar-refractivity contribution in [3.63, 3.8) is 0 Å². The molecule has 0 atom stereocenters. The highest BCUT2D eigenvalue weighted by atomic mass is 15.0. The van der Waals surface area contributed by atoms with E-state index in [4.69, 9.17) is 9.97 Å². The molecule has 0 radical (unpaired) electrons. The molecule has 4 nitrogen and oxygen atoms in total. The van der Waals surface area contributed by atoms with Crippen molar-refractivity contribution in [3.05, 3.63) is 230 Å². The molecule has 65 heavy (non-hydrogen) atoms. The van der Waals surface area contributed by atoms with Crippen molar-refractivity contribution < 1.29 is 0 Å². The van der Waals surface area contributed by atoms with E-state index in [0.717, 1.165) is 45.0 Å². The average Bonchev–Trinajstić information content (AvgIpc) is 3.96. The van der Waals surface area contributed by atoms with Crippen molar-refractivity contribution in [1.29, 1.82) is 0 Å². The number of fused-ring (bicyclic) bond motifs is 9. The molecule has 4 heteroatoms. The maximum atomic E-state index is 5.22. The van der Waals surface area contributed by atoms with Crippen molar-refractivity contribution in [2.45, 2.75) is 19.3 Å². The summed E-state index contributed by atoms with van der Waals surface area (Å²) in [6.45, 7) is 4.73. The smallest absolute Gasteiger partial charge is 0.160 e. The lowest BCUT2D eigenvalue weighted by Crippen LogP contribution is -2.14. The van der Waals surface area contributed by atoms with Crippen molar-refractivity contribution >= 4 is 43.6 Å². The summed E-state index contributed by atoms with van der Waals surface area (Å²) < 4.78 is 4.83. The van der Waals surface area contributed by atoms with Gasteiger partial charge in [0, 0.05) is 55.0 Å². The van der Waals surface area contributed by atoms with Gasteiger partial charge in [0.25, 0.3) is 0 Å². The number of nitrogens with zero attached hydrogens (tertiary/aromatic N) is 4. The second-order valence-electron chi connectivity index (χ2n) is 17.8. The minimum Gasteiger partial charge on any atom is -0.309 e. The second kappa shape index (κ2) is 14.3. The number of hydrogen-bond donors (Lipinski definition) is 0. The first kappa shape index (κ1) is 37.2. The maximum Gasteiger partial charge on any atom is 0.160 e. The first-order valence-electron chi connectivity index (χ1n) is 22.4. The molecule has 0 amide bonds. The number of aromatic nitrogens is 4. The van der Waals surface area contributed by atoms with E-state index in [1.54, 1.807) is 0 Å². The SMILES string of the molecule is CC1(C)c2ccccc2-c2cc3c4cc(-c5ccc6c(c5)c5ccccc5n6-c5ccccc5)ccc4n(-c4cccc(-c5nc(-c6ccccc6)cc(-c6ccccc6)n5)c4)c3cc21. The fourth-order valence-electron chi connectivity index (χ4n) is 10.6. The van der Waals surface area contributed by atoms with Crippen LogP contribution in [-0.4, -0.2) is 19.1 Å². The van der Waals surface area contributed by atoms with Crippen molar-refractivity contribution in [3.8, 4) is 67.5 Å². The highest BCUT2D eigenvalue weighted by Crippen LogP contribution is 2.51. The van der Waals surface area contributed by atoms with Crippen LogP contribution >= 0.6 is 0 Å².